The number of aromatic nitrogens is 1. The predicted octanol–water partition coefficient (Wildman–Crippen LogP) is 5.85. The van der Waals surface area contributed by atoms with Crippen molar-refractivity contribution < 1.29 is 28.9 Å². The van der Waals surface area contributed by atoms with Crippen LogP contribution in [-0.4, -0.2) is 39.2 Å². The lowest BCUT2D eigenvalue weighted by Gasteiger charge is -2.34. The van der Waals surface area contributed by atoms with Crippen molar-refractivity contribution in [3.05, 3.63) is 40.4 Å². The van der Waals surface area contributed by atoms with Gasteiger partial charge in [-0.05, 0) is 49.8 Å². The van der Waals surface area contributed by atoms with Gasteiger partial charge in [0, 0.05) is 12.3 Å². The number of halogens is 1. The number of aliphatic hydroxyl groups is 2. The van der Waals surface area contributed by atoms with E-state index in [1.165, 1.54) is 11.3 Å². The van der Waals surface area contributed by atoms with Crippen molar-refractivity contribution in [2.45, 2.75) is 91.7 Å². The number of hydrogen-bond donors (Lipinski definition) is 2. The van der Waals surface area contributed by atoms with E-state index in [0.717, 1.165) is 35.1 Å². The lowest BCUT2D eigenvalue weighted by Crippen LogP contribution is -2.45. The molecule has 0 fully saturated rings. The number of carbonyl (C=O) groups is 2. The van der Waals surface area contributed by atoms with Gasteiger partial charge in [0.25, 0.3) is 0 Å². The summed E-state index contributed by atoms with van der Waals surface area (Å²) < 4.78 is 19.8. The maximum absolute atomic E-state index is 13.2. The van der Waals surface area contributed by atoms with Crippen LogP contribution in [0.15, 0.2) is 29.8 Å². The third kappa shape index (κ3) is 6.58. The van der Waals surface area contributed by atoms with Crippen molar-refractivity contribution in [3.8, 4) is 0 Å². The first-order valence-electron chi connectivity index (χ1n) is 12.6. The first-order valence-corrected chi connectivity index (χ1v) is 13.5. The number of fused-ring (bicyclic) bond motifs is 1. The molecule has 0 bridgehead atoms. The first kappa shape index (κ1) is 28.4. The number of allylic oxidation sites excluding steroid dienone is 1. The van der Waals surface area contributed by atoms with Gasteiger partial charge in [-0.2, -0.15) is 0 Å². The number of cyclic esters (lactones) is 1. The maximum atomic E-state index is 13.2. The summed E-state index contributed by atoms with van der Waals surface area (Å²) in [4.78, 5) is 30.5. The van der Waals surface area contributed by atoms with Crippen molar-refractivity contribution in [2.75, 3.05) is 0 Å². The molecule has 3 rings (SSSR count). The van der Waals surface area contributed by atoms with Gasteiger partial charge in [-0.15, -0.1) is 11.3 Å². The van der Waals surface area contributed by atoms with Crippen LogP contribution in [0.1, 0.15) is 83.4 Å². The van der Waals surface area contributed by atoms with E-state index >= 15 is 0 Å². The molecule has 1 aliphatic rings. The number of aliphatic hydroxyl groups excluding tert-OH is 2. The molecular weight excluding hydrogens is 481 g/mol. The van der Waals surface area contributed by atoms with Gasteiger partial charge in [-0.3, -0.25) is 9.59 Å². The molecule has 5 atom stereocenters. The first-order chi connectivity index (χ1) is 16.9. The molecule has 36 heavy (non-hydrogen) atoms. The van der Waals surface area contributed by atoms with Crippen LogP contribution in [0.25, 0.3) is 10.2 Å². The van der Waals surface area contributed by atoms with Crippen LogP contribution in [0.4, 0.5) is 4.39 Å². The number of thiazole rings is 1. The third-order valence-corrected chi connectivity index (χ3v) is 8.46. The van der Waals surface area contributed by atoms with E-state index in [1.807, 2.05) is 32.0 Å². The fourth-order valence-electron chi connectivity index (χ4n) is 4.80. The SMILES string of the molecule is CC1=CC[C@@H](c2ccc3sc(CF)nc3c2)OC(=O)CC(O)C(C)(C)C(=O)C(C)[C@@H](O)C(C)CCC1. The van der Waals surface area contributed by atoms with E-state index in [9.17, 15) is 24.2 Å². The largest absolute Gasteiger partial charge is 0.457 e. The van der Waals surface area contributed by atoms with E-state index in [1.54, 1.807) is 20.8 Å². The minimum absolute atomic E-state index is 0.0747. The number of alkyl halides is 1. The van der Waals surface area contributed by atoms with Gasteiger partial charge < -0.3 is 14.9 Å². The number of nitrogens with zero attached hydrogens (tertiary/aromatic N) is 1. The van der Waals surface area contributed by atoms with Crippen molar-refractivity contribution in [2.24, 2.45) is 17.3 Å². The second-order valence-electron chi connectivity index (χ2n) is 10.7. The molecule has 2 aromatic rings. The quantitative estimate of drug-likeness (QED) is 0.382. The standard InChI is InChI=1S/C28H38FNO5S/c1-16-7-6-8-17(2)26(33)18(3)27(34)28(4,5)23(31)14-25(32)35-21(11-9-16)19-10-12-22-20(13-19)30-24(15-29)36-22/h9-10,12-13,17-18,21,23,26,31,33H,6-8,11,14-15H2,1-5H3/t17?,18?,21-,23?,26-/m0/s1. The smallest absolute Gasteiger partial charge is 0.309 e. The summed E-state index contributed by atoms with van der Waals surface area (Å²) in [6, 6.07) is 5.53. The summed E-state index contributed by atoms with van der Waals surface area (Å²) in [5.41, 5.74) is 1.31. The average molecular weight is 520 g/mol. The molecule has 3 unspecified atom stereocenters. The van der Waals surface area contributed by atoms with Gasteiger partial charge in [0.2, 0.25) is 0 Å². The van der Waals surface area contributed by atoms with Crippen LogP contribution in [0, 0.1) is 17.3 Å². The van der Waals surface area contributed by atoms with Crippen molar-refractivity contribution in [1.82, 2.24) is 4.98 Å². The third-order valence-electron chi connectivity index (χ3n) is 7.46. The fourth-order valence-corrected chi connectivity index (χ4v) is 5.60. The highest BCUT2D eigenvalue weighted by Gasteiger charge is 2.42. The Balaban J connectivity index is 1.91. The van der Waals surface area contributed by atoms with Crippen LogP contribution in [0.2, 0.25) is 0 Å². The van der Waals surface area contributed by atoms with Crippen LogP contribution in [-0.2, 0) is 21.0 Å². The lowest BCUT2D eigenvalue weighted by atomic mass is 9.73. The number of hydrogen-bond acceptors (Lipinski definition) is 7. The molecule has 2 heterocycles. The molecule has 2 N–H and O–H groups in total. The summed E-state index contributed by atoms with van der Waals surface area (Å²) in [5, 5.41) is 22.1. The lowest BCUT2D eigenvalue weighted by molar-refractivity contribution is -0.155. The van der Waals surface area contributed by atoms with Gasteiger partial charge in [-0.1, -0.05) is 45.4 Å². The molecule has 198 valence electrons. The topological polar surface area (TPSA) is 96.7 Å². The van der Waals surface area contributed by atoms with Crippen molar-refractivity contribution in [1.29, 1.82) is 0 Å². The molecular formula is C28H38FNO5S. The Hall–Kier alpha value is -2.16. The second-order valence-corrected chi connectivity index (χ2v) is 11.8. The molecule has 1 aromatic heterocycles. The van der Waals surface area contributed by atoms with E-state index < -0.39 is 42.3 Å². The normalized spacial score (nSPS) is 29.1. The number of ketones is 1. The zero-order chi connectivity index (χ0) is 26.6. The molecule has 0 amide bonds. The Bertz CT molecular complexity index is 1110. The number of rotatable bonds is 2. The Labute approximate surface area is 216 Å². The zero-order valence-corrected chi connectivity index (χ0v) is 22.6. The Morgan fingerprint density at radius 2 is 1.94 bits per heavy atom. The average Bonchev–Trinajstić information content (AvgIpc) is 3.26. The number of benzene rings is 1. The minimum Gasteiger partial charge on any atom is -0.457 e. The Morgan fingerprint density at radius 1 is 1.22 bits per heavy atom. The highest BCUT2D eigenvalue weighted by molar-refractivity contribution is 7.18. The van der Waals surface area contributed by atoms with Gasteiger partial charge in [0.1, 0.15) is 23.6 Å². The van der Waals surface area contributed by atoms with E-state index in [4.69, 9.17) is 4.74 Å². The second kappa shape index (κ2) is 11.9. The highest BCUT2D eigenvalue weighted by atomic mass is 32.1. The Morgan fingerprint density at radius 3 is 2.64 bits per heavy atom. The number of esters is 1. The Kier molecular flexibility index (Phi) is 9.41. The summed E-state index contributed by atoms with van der Waals surface area (Å²) in [7, 11) is 0. The van der Waals surface area contributed by atoms with Crippen molar-refractivity contribution in [3.63, 3.8) is 0 Å². The molecule has 0 aliphatic carbocycles. The molecule has 0 saturated heterocycles. The van der Waals surface area contributed by atoms with Crippen LogP contribution in [0.3, 0.4) is 0 Å². The number of carbonyl (C=O) groups excluding carboxylic acids is 2. The highest BCUT2D eigenvalue weighted by Crippen LogP contribution is 2.34. The summed E-state index contributed by atoms with van der Waals surface area (Å²) in [6.07, 6.45) is 1.91. The van der Waals surface area contributed by atoms with Crippen LogP contribution >= 0.6 is 11.3 Å². The zero-order valence-electron chi connectivity index (χ0n) is 21.8. The maximum Gasteiger partial charge on any atom is 0.309 e. The van der Waals surface area contributed by atoms with Gasteiger partial charge in [-0.25, -0.2) is 9.37 Å². The summed E-state index contributed by atoms with van der Waals surface area (Å²) in [5.74, 6) is -1.64. The molecule has 0 saturated carbocycles. The van der Waals surface area contributed by atoms with Crippen molar-refractivity contribution >= 4 is 33.3 Å². The number of Topliss-reactive ketones (excluding diaryl/α,β-unsaturated/α-hetero) is 1. The fraction of sp³-hybridized carbons (Fsp3) is 0.607. The van der Waals surface area contributed by atoms with Crippen LogP contribution < -0.4 is 0 Å². The van der Waals surface area contributed by atoms with E-state index in [2.05, 4.69) is 11.1 Å². The molecule has 1 aromatic carbocycles. The van der Waals surface area contributed by atoms with E-state index in [0.29, 0.717) is 16.9 Å². The molecule has 6 nitrogen and oxygen atoms in total. The molecule has 0 spiro atoms. The van der Waals surface area contributed by atoms with Gasteiger partial charge in [0.15, 0.2) is 0 Å². The molecule has 0 radical (unpaired) electrons. The molecule has 1 aliphatic heterocycles. The molecule has 8 heteroatoms. The summed E-state index contributed by atoms with van der Waals surface area (Å²) in [6.45, 7) is 8.23. The van der Waals surface area contributed by atoms with Crippen LogP contribution in [0.5, 0.6) is 0 Å². The van der Waals surface area contributed by atoms with Gasteiger partial charge in [0.05, 0.1) is 34.3 Å². The minimum atomic E-state index is -1.26. The predicted molar refractivity (Wildman–Crippen MR) is 139 cm³/mol. The monoisotopic (exact) mass is 519 g/mol. The number of ether oxygens (including phenoxy) is 1. The summed E-state index contributed by atoms with van der Waals surface area (Å²) >= 11 is 1.29. The van der Waals surface area contributed by atoms with Gasteiger partial charge >= 0.3 is 5.97 Å². The van der Waals surface area contributed by atoms with E-state index in [-0.39, 0.29) is 18.1 Å².